The van der Waals surface area contributed by atoms with Gasteiger partial charge in [-0.15, -0.1) is 0 Å². The van der Waals surface area contributed by atoms with Crippen molar-refractivity contribution in [3.8, 4) is 0 Å². The van der Waals surface area contributed by atoms with Gasteiger partial charge in [0.05, 0.1) is 0 Å². The molecule has 3 nitrogen and oxygen atoms in total. The van der Waals surface area contributed by atoms with E-state index in [4.69, 9.17) is 0 Å². The van der Waals surface area contributed by atoms with E-state index in [2.05, 4.69) is 10.3 Å². The monoisotopic (exact) mass is 152 g/mol. The van der Waals surface area contributed by atoms with Crippen LogP contribution in [0, 0.1) is 0 Å². The Bertz CT molecular complexity index is 201. The highest BCUT2D eigenvalue weighted by atomic mass is 16.3. The molecule has 1 atom stereocenters. The molecule has 0 spiro atoms. The Kier molecular flexibility index (Phi) is 2.86. The Balaban J connectivity index is 2.51. The summed E-state index contributed by atoms with van der Waals surface area (Å²) in [4.78, 5) is 3.86. The minimum Gasteiger partial charge on any atom is -0.374 e. The second-order valence-electron chi connectivity index (χ2n) is 2.30. The first-order valence-electron chi connectivity index (χ1n) is 3.67. The lowest BCUT2D eigenvalue weighted by Crippen LogP contribution is -2.16. The van der Waals surface area contributed by atoms with Gasteiger partial charge in [0, 0.05) is 18.1 Å². The average molecular weight is 152 g/mol. The molecule has 3 heteroatoms. The molecule has 0 aliphatic rings. The standard InChI is InChI=1S/C8H12N2O/c1-2-8(11)10-7-3-5-9-6-4-7/h3-6,8,11H,2H2,1H3,(H,9,10). The van der Waals surface area contributed by atoms with Gasteiger partial charge in [0.15, 0.2) is 0 Å². The zero-order chi connectivity index (χ0) is 8.10. The SMILES string of the molecule is CCC(O)Nc1ccncc1. The molecule has 0 aliphatic heterocycles. The Morgan fingerprint density at radius 3 is 2.73 bits per heavy atom. The third kappa shape index (κ3) is 2.55. The van der Waals surface area contributed by atoms with Crippen molar-refractivity contribution in [2.75, 3.05) is 5.32 Å². The van der Waals surface area contributed by atoms with Crippen LogP contribution in [0.4, 0.5) is 5.69 Å². The van der Waals surface area contributed by atoms with Gasteiger partial charge in [-0.1, -0.05) is 6.92 Å². The molecule has 1 aromatic rings. The first-order chi connectivity index (χ1) is 5.33. The molecular formula is C8H12N2O. The highest BCUT2D eigenvalue weighted by Crippen LogP contribution is 2.05. The number of hydrogen-bond donors (Lipinski definition) is 2. The van der Waals surface area contributed by atoms with Gasteiger partial charge in [0.2, 0.25) is 0 Å². The molecule has 0 fully saturated rings. The van der Waals surface area contributed by atoms with E-state index in [-0.39, 0.29) is 0 Å². The molecule has 60 valence electrons. The van der Waals surface area contributed by atoms with Crippen LogP contribution in [-0.4, -0.2) is 16.3 Å². The van der Waals surface area contributed by atoms with Gasteiger partial charge >= 0.3 is 0 Å². The summed E-state index contributed by atoms with van der Waals surface area (Å²) in [5.41, 5.74) is 0.898. The third-order valence-corrected chi connectivity index (χ3v) is 1.40. The van der Waals surface area contributed by atoms with Crippen LogP contribution < -0.4 is 5.32 Å². The molecule has 1 rings (SSSR count). The molecule has 1 unspecified atom stereocenters. The van der Waals surface area contributed by atoms with Crippen molar-refractivity contribution in [3.63, 3.8) is 0 Å². The fourth-order valence-corrected chi connectivity index (χ4v) is 0.743. The van der Waals surface area contributed by atoms with Crippen LogP contribution in [0.3, 0.4) is 0 Å². The number of hydrogen-bond acceptors (Lipinski definition) is 3. The largest absolute Gasteiger partial charge is 0.374 e. The quantitative estimate of drug-likeness (QED) is 0.640. The Morgan fingerprint density at radius 2 is 2.18 bits per heavy atom. The molecule has 2 N–H and O–H groups in total. The van der Waals surface area contributed by atoms with E-state index < -0.39 is 6.23 Å². The van der Waals surface area contributed by atoms with Crippen molar-refractivity contribution < 1.29 is 5.11 Å². The van der Waals surface area contributed by atoms with Crippen LogP contribution in [0.15, 0.2) is 24.5 Å². The fourth-order valence-electron chi connectivity index (χ4n) is 0.743. The van der Waals surface area contributed by atoms with Crippen LogP contribution >= 0.6 is 0 Å². The van der Waals surface area contributed by atoms with Gasteiger partial charge in [0.25, 0.3) is 0 Å². The van der Waals surface area contributed by atoms with Gasteiger partial charge in [-0.25, -0.2) is 0 Å². The molecule has 0 aromatic carbocycles. The first-order valence-corrected chi connectivity index (χ1v) is 3.67. The summed E-state index contributed by atoms with van der Waals surface area (Å²) in [6.45, 7) is 1.92. The summed E-state index contributed by atoms with van der Waals surface area (Å²) in [7, 11) is 0. The lowest BCUT2D eigenvalue weighted by molar-refractivity contribution is 0.199. The second kappa shape index (κ2) is 3.93. The normalized spacial score (nSPS) is 12.5. The smallest absolute Gasteiger partial charge is 0.124 e. The summed E-state index contributed by atoms with van der Waals surface area (Å²) in [5, 5.41) is 12.1. The van der Waals surface area contributed by atoms with E-state index in [1.165, 1.54) is 0 Å². The fraction of sp³-hybridized carbons (Fsp3) is 0.375. The maximum atomic E-state index is 9.18. The maximum absolute atomic E-state index is 9.18. The Hall–Kier alpha value is -1.09. The van der Waals surface area contributed by atoms with E-state index in [1.807, 2.05) is 19.1 Å². The number of aromatic nitrogens is 1. The molecule has 1 aromatic heterocycles. The number of anilines is 1. The van der Waals surface area contributed by atoms with Gasteiger partial charge in [-0.3, -0.25) is 4.98 Å². The minimum atomic E-state index is -0.461. The molecule has 1 heterocycles. The van der Waals surface area contributed by atoms with Crippen molar-refractivity contribution in [2.45, 2.75) is 19.6 Å². The van der Waals surface area contributed by atoms with Crippen LogP contribution in [0.2, 0.25) is 0 Å². The van der Waals surface area contributed by atoms with Gasteiger partial charge in [-0.05, 0) is 18.6 Å². The number of nitrogens with zero attached hydrogens (tertiary/aromatic N) is 1. The van der Waals surface area contributed by atoms with E-state index in [9.17, 15) is 5.11 Å². The van der Waals surface area contributed by atoms with E-state index in [0.29, 0.717) is 6.42 Å². The van der Waals surface area contributed by atoms with Crippen molar-refractivity contribution >= 4 is 5.69 Å². The zero-order valence-corrected chi connectivity index (χ0v) is 6.49. The Morgan fingerprint density at radius 1 is 1.55 bits per heavy atom. The number of aliphatic hydroxyl groups excluding tert-OH is 1. The molecule has 0 aliphatic carbocycles. The molecular weight excluding hydrogens is 140 g/mol. The molecule has 0 saturated heterocycles. The molecule has 0 amide bonds. The van der Waals surface area contributed by atoms with E-state index in [0.717, 1.165) is 5.69 Å². The topological polar surface area (TPSA) is 45.1 Å². The van der Waals surface area contributed by atoms with Crippen molar-refractivity contribution in [2.24, 2.45) is 0 Å². The number of rotatable bonds is 3. The zero-order valence-electron chi connectivity index (χ0n) is 6.49. The predicted molar refractivity (Wildman–Crippen MR) is 44.2 cm³/mol. The van der Waals surface area contributed by atoms with Crippen molar-refractivity contribution in [1.29, 1.82) is 0 Å². The van der Waals surface area contributed by atoms with Crippen molar-refractivity contribution in [3.05, 3.63) is 24.5 Å². The highest BCUT2D eigenvalue weighted by molar-refractivity contribution is 5.40. The lowest BCUT2D eigenvalue weighted by atomic mass is 10.3. The molecule has 0 bridgehead atoms. The van der Waals surface area contributed by atoms with E-state index in [1.54, 1.807) is 12.4 Å². The maximum Gasteiger partial charge on any atom is 0.124 e. The number of pyridine rings is 1. The van der Waals surface area contributed by atoms with Gasteiger partial charge < -0.3 is 10.4 Å². The van der Waals surface area contributed by atoms with Crippen LogP contribution in [0.1, 0.15) is 13.3 Å². The number of nitrogens with one attached hydrogen (secondary N) is 1. The molecule has 0 saturated carbocycles. The van der Waals surface area contributed by atoms with Crippen LogP contribution in [0.5, 0.6) is 0 Å². The Labute approximate surface area is 66.1 Å². The summed E-state index contributed by atoms with van der Waals surface area (Å²) in [5.74, 6) is 0. The summed E-state index contributed by atoms with van der Waals surface area (Å²) < 4.78 is 0. The lowest BCUT2D eigenvalue weighted by Gasteiger charge is -2.10. The first kappa shape index (κ1) is 8.01. The summed E-state index contributed by atoms with van der Waals surface area (Å²) >= 11 is 0. The summed E-state index contributed by atoms with van der Waals surface area (Å²) in [6.07, 6.45) is 3.61. The highest BCUT2D eigenvalue weighted by Gasteiger charge is 1.97. The average Bonchev–Trinajstić information content (AvgIpc) is 2.06. The van der Waals surface area contributed by atoms with Gasteiger partial charge in [-0.2, -0.15) is 0 Å². The minimum absolute atomic E-state index is 0.461. The van der Waals surface area contributed by atoms with Gasteiger partial charge in [0.1, 0.15) is 6.23 Å². The predicted octanol–water partition coefficient (Wildman–Crippen LogP) is 1.22. The van der Waals surface area contributed by atoms with Crippen LogP contribution in [0.25, 0.3) is 0 Å². The number of aliphatic hydroxyl groups is 1. The second-order valence-corrected chi connectivity index (χ2v) is 2.30. The van der Waals surface area contributed by atoms with Crippen molar-refractivity contribution in [1.82, 2.24) is 4.98 Å². The van der Waals surface area contributed by atoms with E-state index >= 15 is 0 Å². The third-order valence-electron chi connectivity index (χ3n) is 1.40. The molecule has 0 radical (unpaired) electrons. The van der Waals surface area contributed by atoms with Crippen LogP contribution in [-0.2, 0) is 0 Å². The molecule has 11 heavy (non-hydrogen) atoms. The summed E-state index contributed by atoms with van der Waals surface area (Å²) in [6, 6.07) is 3.64.